The minimum absolute atomic E-state index is 0.0425. The van der Waals surface area contributed by atoms with E-state index in [9.17, 15) is 31.1 Å². The molecule has 12 heteroatoms. The Morgan fingerprint density at radius 3 is 2.47 bits per heavy atom. The van der Waals surface area contributed by atoms with Gasteiger partial charge in [-0.3, -0.25) is 4.79 Å². The maximum atomic E-state index is 13.0. The highest BCUT2D eigenvalue weighted by atomic mass is 32.1. The zero-order chi connectivity index (χ0) is 22.3. The largest absolute Gasteiger partial charge is 0.445 e. The van der Waals surface area contributed by atoms with Crippen LogP contribution in [0.25, 0.3) is 22.3 Å². The van der Waals surface area contributed by atoms with Gasteiger partial charge in [0.05, 0.1) is 11.4 Å². The molecule has 1 N–H and O–H groups in total. The predicted molar refractivity (Wildman–Crippen MR) is 98.7 cm³/mol. The fraction of sp³-hybridized carbons (Fsp3) is 0.278. The molecule has 2 aromatic heterocycles. The van der Waals surface area contributed by atoms with E-state index in [1.807, 2.05) is 0 Å². The Bertz CT molecular complexity index is 1110. The van der Waals surface area contributed by atoms with E-state index in [4.69, 9.17) is 0 Å². The van der Waals surface area contributed by atoms with E-state index in [0.717, 1.165) is 29.2 Å². The van der Waals surface area contributed by atoms with Crippen LogP contribution in [0, 0.1) is 6.92 Å². The molecule has 0 saturated heterocycles. The molecule has 0 aliphatic carbocycles. The number of hydrogen-bond acceptors (Lipinski definition) is 4. The summed E-state index contributed by atoms with van der Waals surface area (Å²) in [6, 6.07) is 4.83. The molecule has 30 heavy (non-hydrogen) atoms. The Morgan fingerprint density at radius 1 is 1.20 bits per heavy atom. The molecular formula is C18H14F6N4OS. The molecular weight excluding hydrogens is 434 g/mol. The maximum Gasteiger partial charge on any atom is 0.445 e. The number of nitrogens with zero attached hydrogens (tertiary/aromatic N) is 3. The molecule has 0 fully saturated rings. The summed E-state index contributed by atoms with van der Waals surface area (Å²) in [6.07, 6.45) is -7.41. The number of imidazole rings is 1. The van der Waals surface area contributed by atoms with Crippen molar-refractivity contribution < 1.29 is 31.1 Å². The molecule has 2 heterocycles. The highest BCUT2D eigenvalue weighted by Crippen LogP contribution is 2.36. The standard InChI is InChI=1S/C18H14F6N4OS/c1-9-5-3-4-6-11(9)14-12(7-8-13(29)25-10(2)17(19,20)21)28-16(26-14)30-15(27-28)18(22,23)24/h3-8,10H,1-2H3,(H,25,29). The number of fused-ring (bicyclic) bond motifs is 1. The molecule has 1 aromatic carbocycles. The molecule has 1 amide bonds. The van der Waals surface area contributed by atoms with E-state index >= 15 is 0 Å². The summed E-state index contributed by atoms with van der Waals surface area (Å²) in [4.78, 5) is 16.0. The summed E-state index contributed by atoms with van der Waals surface area (Å²) in [5.74, 6) is -1.06. The number of carbonyl (C=O) groups excluding carboxylic acids is 1. The first-order valence-corrected chi connectivity index (χ1v) is 9.27. The van der Waals surface area contributed by atoms with E-state index < -0.39 is 29.3 Å². The minimum atomic E-state index is -4.69. The van der Waals surface area contributed by atoms with E-state index in [-0.39, 0.29) is 16.3 Å². The summed E-state index contributed by atoms with van der Waals surface area (Å²) < 4.78 is 77.8. The predicted octanol–water partition coefficient (Wildman–Crippen LogP) is 4.87. The molecule has 160 valence electrons. The average molecular weight is 448 g/mol. The first kappa shape index (κ1) is 21.8. The molecule has 1 unspecified atom stereocenters. The van der Waals surface area contributed by atoms with Gasteiger partial charge in [0.15, 0.2) is 0 Å². The number of benzene rings is 1. The van der Waals surface area contributed by atoms with Crippen LogP contribution >= 0.6 is 11.3 Å². The van der Waals surface area contributed by atoms with Crippen LogP contribution in [0.2, 0.25) is 0 Å². The summed E-state index contributed by atoms with van der Waals surface area (Å²) >= 11 is 0.321. The van der Waals surface area contributed by atoms with E-state index in [2.05, 4.69) is 10.1 Å². The van der Waals surface area contributed by atoms with Crippen molar-refractivity contribution in [2.24, 2.45) is 0 Å². The lowest BCUT2D eigenvalue weighted by molar-refractivity contribution is -0.156. The zero-order valence-electron chi connectivity index (χ0n) is 15.5. The number of rotatable bonds is 4. The molecule has 0 bridgehead atoms. The maximum absolute atomic E-state index is 13.0. The van der Waals surface area contributed by atoms with Crippen LogP contribution in [-0.2, 0) is 11.0 Å². The summed E-state index contributed by atoms with van der Waals surface area (Å²) in [7, 11) is 0. The number of carbonyl (C=O) groups is 1. The van der Waals surface area contributed by atoms with Gasteiger partial charge < -0.3 is 5.32 Å². The van der Waals surface area contributed by atoms with Gasteiger partial charge in [-0.25, -0.2) is 9.50 Å². The third kappa shape index (κ3) is 4.48. The smallest absolute Gasteiger partial charge is 0.341 e. The molecule has 1 atom stereocenters. The number of halogens is 6. The van der Waals surface area contributed by atoms with E-state index in [0.29, 0.717) is 16.9 Å². The van der Waals surface area contributed by atoms with Crippen molar-refractivity contribution in [3.8, 4) is 11.3 Å². The van der Waals surface area contributed by atoms with Crippen LogP contribution in [0.1, 0.15) is 23.2 Å². The van der Waals surface area contributed by atoms with Gasteiger partial charge in [-0.15, -0.1) is 5.10 Å². The Kier molecular flexibility index (Phi) is 5.63. The van der Waals surface area contributed by atoms with Gasteiger partial charge in [0.2, 0.25) is 15.9 Å². The number of alkyl halides is 6. The Labute approximate surface area is 170 Å². The number of amides is 1. The SMILES string of the molecule is Cc1ccccc1-c1nc2sc(C(F)(F)F)nn2c1C=CC(=O)NC(C)C(F)(F)F. The highest BCUT2D eigenvalue weighted by molar-refractivity contribution is 7.16. The molecule has 0 aliphatic rings. The second-order valence-corrected chi connectivity index (χ2v) is 7.32. The van der Waals surface area contributed by atoms with Crippen LogP contribution in [0.5, 0.6) is 0 Å². The number of aryl methyl sites for hydroxylation is 1. The van der Waals surface area contributed by atoms with Gasteiger partial charge in [-0.2, -0.15) is 26.3 Å². The fourth-order valence-corrected chi connectivity index (χ4v) is 3.34. The Morgan fingerprint density at radius 2 is 1.87 bits per heavy atom. The van der Waals surface area contributed by atoms with Crippen LogP contribution in [0.15, 0.2) is 30.3 Å². The molecule has 5 nitrogen and oxygen atoms in total. The second-order valence-electron chi connectivity index (χ2n) is 6.37. The van der Waals surface area contributed by atoms with Crippen LogP contribution in [-0.4, -0.2) is 32.7 Å². The third-order valence-electron chi connectivity index (χ3n) is 4.12. The van der Waals surface area contributed by atoms with Crippen LogP contribution in [0.4, 0.5) is 26.3 Å². The second kappa shape index (κ2) is 7.74. The third-order valence-corrected chi connectivity index (χ3v) is 5.08. The van der Waals surface area contributed by atoms with Crippen molar-refractivity contribution in [2.75, 3.05) is 0 Å². The van der Waals surface area contributed by atoms with Gasteiger partial charge >= 0.3 is 12.4 Å². The van der Waals surface area contributed by atoms with Gasteiger partial charge in [-0.05, 0) is 25.5 Å². The molecule has 0 aliphatic heterocycles. The normalized spacial score (nSPS) is 13.9. The lowest BCUT2D eigenvalue weighted by atomic mass is 10.0. The topological polar surface area (TPSA) is 59.3 Å². The fourth-order valence-electron chi connectivity index (χ4n) is 2.56. The molecule has 0 saturated carbocycles. The lowest BCUT2D eigenvalue weighted by Gasteiger charge is -2.15. The summed E-state index contributed by atoms with van der Waals surface area (Å²) in [5, 5.41) is 4.14. The zero-order valence-corrected chi connectivity index (χ0v) is 16.3. The number of aromatic nitrogens is 3. The van der Waals surface area contributed by atoms with Gasteiger partial charge in [0.25, 0.3) is 0 Å². The van der Waals surface area contributed by atoms with Gasteiger partial charge in [0, 0.05) is 11.6 Å². The van der Waals surface area contributed by atoms with E-state index in [1.165, 1.54) is 0 Å². The van der Waals surface area contributed by atoms with Crippen molar-refractivity contribution in [1.82, 2.24) is 19.9 Å². The summed E-state index contributed by atoms with van der Waals surface area (Å²) in [6.45, 7) is 2.54. The van der Waals surface area contributed by atoms with Crippen LogP contribution in [0.3, 0.4) is 0 Å². The first-order valence-electron chi connectivity index (χ1n) is 8.46. The number of nitrogens with one attached hydrogen (secondary N) is 1. The molecule has 3 rings (SSSR count). The quantitative estimate of drug-likeness (QED) is 0.458. The lowest BCUT2D eigenvalue weighted by Crippen LogP contribution is -2.42. The van der Waals surface area contributed by atoms with E-state index in [1.54, 1.807) is 36.5 Å². The van der Waals surface area contributed by atoms with Crippen molar-refractivity contribution in [1.29, 1.82) is 0 Å². The first-order chi connectivity index (χ1) is 13.9. The minimum Gasteiger partial charge on any atom is -0.341 e. The van der Waals surface area contributed by atoms with Crippen molar-refractivity contribution >= 4 is 28.3 Å². The van der Waals surface area contributed by atoms with Crippen molar-refractivity contribution in [3.05, 3.63) is 46.6 Å². The summed E-state index contributed by atoms with van der Waals surface area (Å²) in [5.41, 5.74) is 1.66. The van der Waals surface area contributed by atoms with Gasteiger partial charge in [0.1, 0.15) is 6.04 Å². The molecule has 3 aromatic rings. The highest BCUT2D eigenvalue weighted by Gasteiger charge is 2.37. The Hall–Kier alpha value is -2.89. The van der Waals surface area contributed by atoms with Crippen molar-refractivity contribution in [3.63, 3.8) is 0 Å². The Balaban J connectivity index is 2.06. The molecule has 0 spiro atoms. The molecule has 0 radical (unpaired) electrons. The van der Waals surface area contributed by atoms with Crippen LogP contribution < -0.4 is 5.32 Å². The average Bonchev–Trinajstić information content (AvgIpc) is 3.17. The monoisotopic (exact) mass is 448 g/mol. The van der Waals surface area contributed by atoms with Crippen molar-refractivity contribution in [2.45, 2.75) is 32.2 Å². The number of hydrogen-bond donors (Lipinski definition) is 1. The van der Waals surface area contributed by atoms with Gasteiger partial charge in [-0.1, -0.05) is 35.6 Å².